The highest BCUT2D eigenvalue weighted by Gasteiger charge is 2.17. The normalized spacial score (nSPS) is 11.6. The Kier molecular flexibility index (Phi) is 5.55. The molecular formula is C22H18N6O4S. The molecule has 0 spiro atoms. The van der Waals surface area contributed by atoms with Crippen molar-refractivity contribution in [3.05, 3.63) is 79.3 Å². The summed E-state index contributed by atoms with van der Waals surface area (Å²) >= 11 is 0. The molecule has 0 atom stereocenters. The van der Waals surface area contributed by atoms with Gasteiger partial charge in [0.25, 0.3) is 0 Å². The van der Waals surface area contributed by atoms with Crippen LogP contribution in [0.15, 0.2) is 88.8 Å². The maximum atomic E-state index is 12.3. The van der Waals surface area contributed by atoms with Crippen LogP contribution in [0, 0.1) is 0 Å². The molecule has 5 rings (SSSR count). The zero-order valence-corrected chi connectivity index (χ0v) is 18.0. The number of imidazole rings is 1. The minimum absolute atomic E-state index is 0.140. The van der Waals surface area contributed by atoms with Gasteiger partial charge in [-0.2, -0.15) is 0 Å². The molecule has 10 nitrogen and oxygen atoms in total. The molecule has 11 heteroatoms. The topological polar surface area (TPSA) is 125 Å². The molecule has 0 saturated carbocycles. The lowest BCUT2D eigenvalue weighted by atomic mass is 10.2. The maximum Gasteiger partial charge on any atom is 0.240 e. The molecule has 0 radical (unpaired) electrons. The number of hydrogen-bond acceptors (Lipinski definition) is 8. The third kappa shape index (κ3) is 4.31. The molecule has 0 amide bonds. The smallest absolute Gasteiger partial charge is 0.240 e. The summed E-state index contributed by atoms with van der Waals surface area (Å²) in [6.45, 7) is 0.322. The fraction of sp³-hybridized carbons (Fsp3) is 0.0909. The van der Waals surface area contributed by atoms with Crippen molar-refractivity contribution in [2.75, 3.05) is 13.2 Å². The number of aromatic nitrogens is 5. The molecule has 0 saturated heterocycles. The number of nitrogens with zero attached hydrogens (tertiary/aromatic N) is 5. The number of benzene rings is 2. The lowest BCUT2D eigenvalue weighted by Gasteiger charge is -2.11. The number of pyridine rings is 1. The predicted molar refractivity (Wildman–Crippen MR) is 119 cm³/mol. The molecule has 5 aromatic rings. The number of hydrogen-bond donors (Lipinski definition) is 1. The lowest BCUT2D eigenvalue weighted by Crippen LogP contribution is -2.28. The number of nitrogens with one attached hydrogen (secondary N) is 1. The fourth-order valence-electron chi connectivity index (χ4n) is 3.35. The van der Waals surface area contributed by atoms with Gasteiger partial charge in [-0.25, -0.2) is 22.8 Å². The van der Waals surface area contributed by atoms with Crippen LogP contribution in [-0.4, -0.2) is 46.4 Å². The molecule has 0 bridgehead atoms. The third-order valence-electron chi connectivity index (χ3n) is 4.86. The van der Waals surface area contributed by atoms with Crippen molar-refractivity contribution in [3.63, 3.8) is 0 Å². The van der Waals surface area contributed by atoms with E-state index in [1.165, 1.54) is 6.20 Å². The Morgan fingerprint density at radius 2 is 1.82 bits per heavy atom. The minimum atomic E-state index is -3.56. The summed E-state index contributed by atoms with van der Waals surface area (Å²) in [4.78, 5) is 8.95. The van der Waals surface area contributed by atoms with Crippen molar-refractivity contribution in [1.82, 2.24) is 29.6 Å². The number of fused-ring (bicyclic) bond motifs is 1. The molecule has 0 aliphatic rings. The molecule has 3 aromatic heterocycles. The molecule has 0 fully saturated rings. The summed E-state index contributed by atoms with van der Waals surface area (Å²) in [7, 11) is -3.56. The van der Waals surface area contributed by atoms with E-state index in [1.807, 2.05) is 22.8 Å². The molecule has 2 aromatic carbocycles. The van der Waals surface area contributed by atoms with Gasteiger partial charge >= 0.3 is 0 Å². The van der Waals surface area contributed by atoms with Gasteiger partial charge in [0.2, 0.25) is 10.0 Å². The van der Waals surface area contributed by atoms with Gasteiger partial charge in [-0.05, 0) is 47.6 Å². The van der Waals surface area contributed by atoms with E-state index in [1.54, 1.807) is 54.9 Å². The lowest BCUT2D eigenvalue weighted by molar-refractivity contribution is 0.308. The quantitative estimate of drug-likeness (QED) is 0.349. The Labute approximate surface area is 188 Å². The number of ether oxygens (including phenoxy) is 1. The van der Waals surface area contributed by atoms with Crippen LogP contribution >= 0.6 is 0 Å². The molecule has 0 aliphatic heterocycles. The van der Waals surface area contributed by atoms with Gasteiger partial charge < -0.3 is 4.74 Å². The molecule has 0 aliphatic carbocycles. The fourth-order valence-corrected chi connectivity index (χ4v) is 4.38. The van der Waals surface area contributed by atoms with Gasteiger partial charge in [-0.3, -0.25) is 9.55 Å². The minimum Gasteiger partial charge on any atom is -0.492 e. The van der Waals surface area contributed by atoms with E-state index < -0.39 is 10.0 Å². The van der Waals surface area contributed by atoms with Crippen molar-refractivity contribution in [2.45, 2.75) is 4.90 Å². The first-order valence-corrected chi connectivity index (χ1v) is 11.5. The van der Waals surface area contributed by atoms with Crippen molar-refractivity contribution in [1.29, 1.82) is 0 Å². The van der Waals surface area contributed by atoms with Crippen LogP contribution in [0.2, 0.25) is 0 Å². The van der Waals surface area contributed by atoms with Gasteiger partial charge in [0, 0.05) is 18.4 Å². The Morgan fingerprint density at radius 3 is 2.58 bits per heavy atom. The zero-order chi connectivity index (χ0) is 22.7. The first-order chi connectivity index (χ1) is 16.1. The van der Waals surface area contributed by atoms with Crippen molar-refractivity contribution in [2.24, 2.45) is 0 Å². The Balaban J connectivity index is 1.30. The van der Waals surface area contributed by atoms with Crippen LogP contribution in [0.4, 0.5) is 0 Å². The highest BCUT2D eigenvalue weighted by molar-refractivity contribution is 7.89. The second kappa shape index (κ2) is 8.81. The summed E-state index contributed by atoms with van der Waals surface area (Å²) in [5.41, 5.74) is 2.89. The summed E-state index contributed by atoms with van der Waals surface area (Å²) in [6.07, 6.45) is 4.87. The Bertz CT molecular complexity index is 1470. The second-order valence-corrected chi connectivity index (χ2v) is 8.75. The van der Waals surface area contributed by atoms with E-state index in [9.17, 15) is 8.42 Å². The average molecular weight is 462 g/mol. The third-order valence-corrected chi connectivity index (χ3v) is 6.34. The largest absolute Gasteiger partial charge is 0.492 e. The van der Waals surface area contributed by atoms with Crippen LogP contribution in [0.5, 0.6) is 5.75 Å². The van der Waals surface area contributed by atoms with Crippen molar-refractivity contribution < 1.29 is 17.8 Å². The van der Waals surface area contributed by atoms with Crippen LogP contribution in [0.25, 0.3) is 28.2 Å². The molecule has 0 unspecified atom stereocenters. The Morgan fingerprint density at radius 1 is 1.00 bits per heavy atom. The van der Waals surface area contributed by atoms with E-state index in [-0.39, 0.29) is 18.0 Å². The monoisotopic (exact) mass is 462 g/mol. The maximum absolute atomic E-state index is 12.3. The van der Waals surface area contributed by atoms with Crippen molar-refractivity contribution >= 4 is 21.1 Å². The highest BCUT2D eigenvalue weighted by atomic mass is 32.2. The van der Waals surface area contributed by atoms with E-state index in [0.717, 1.165) is 11.2 Å². The van der Waals surface area contributed by atoms with E-state index in [4.69, 9.17) is 9.37 Å². The van der Waals surface area contributed by atoms with Crippen LogP contribution in [0.1, 0.15) is 0 Å². The van der Waals surface area contributed by atoms with Gasteiger partial charge in [-0.1, -0.05) is 23.4 Å². The van der Waals surface area contributed by atoms with E-state index >= 15 is 0 Å². The van der Waals surface area contributed by atoms with Crippen LogP contribution in [0.3, 0.4) is 0 Å². The average Bonchev–Trinajstić information content (AvgIpc) is 3.51. The standard InChI is InChI=1S/C22H18N6O4S/c29-33(30,18-4-2-1-3-5-18)25-12-13-31-17-8-6-16(7-9-17)28-21-10-11-23-14-19(21)26-22(28)20-15-24-32-27-20/h1-11,14-15,25H,12-13H2. The molecule has 3 heterocycles. The van der Waals surface area contributed by atoms with Crippen LogP contribution in [-0.2, 0) is 10.0 Å². The molecular weight excluding hydrogens is 444 g/mol. The second-order valence-electron chi connectivity index (χ2n) is 6.98. The number of sulfonamides is 1. The van der Waals surface area contributed by atoms with Gasteiger partial charge in [0.05, 0.1) is 16.6 Å². The molecule has 33 heavy (non-hydrogen) atoms. The summed E-state index contributed by atoms with van der Waals surface area (Å²) in [5, 5.41) is 7.58. The molecule has 166 valence electrons. The first-order valence-electron chi connectivity index (χ1n) is 10.0. The van der Waals surface area contributed by atoms with Gasteiger partial charge in [-0.15, -0.1) is 0 Å². The van der Waals surface area contributed by atoms with E-state index in [0.29, 0.717) is 22.8 Å². The summed E-state index contributed by atoms with van der Waals surface area (Å²) in [5.74, 6) is 1.18. The summed E-state index contributed by atoms with van der Waals surface area (Å²) < 4.78 is 39.4. The predicted octanol–water partition coefficient (Wildman–Crippen LogP) is 2.83. The van der Waals surface area contributed by atoms with Gasteiger partial charge in [0.1, 0.15) is 24.1 Å². The van der Waals surface area contributed by atoms with E-state index in [2.05, 4.69) is 25.0 Å². The highest BCUT2D eigenvalue weighted by Crippen LogP contribution is 2.27. The van der Waals surface area contributed by atoms with Gasteiger partial charge in [0.15, 0.2) is 11.5 Å². The van der Waals surface area contributed by atoms with Crippen LogP contribution < -0.4 is 9.46 Å². The zero-order valence-electron chi connectivity index (χ0n) is 17.2. The first kappa shape index (κ1) is 20.8. The molecule has 1 N–H and O–H groups in total. The summed E-state index contributed by atoms with van der Waals surface area (Å²) in [6, 6.07) is 17.4. The SMILES string of the molecule is O=S(=O)(NCCOc1ccc(-n2c(-c3cnon3)nc3cnccc32)cc1)c1ccccc1. The van der Waals surface area contributed by atoms with Crippen molar-refractivity contribution in [3.8, 4) is 23.0 Å². The Hall–Kier alpha value is -4.09. The number of rotatable bonds is 8.